The van der Waals surface area contributed by atoms with E-state index in [1.807, 2.05) is 6.07 Å². The van der Waals surface area contributed by atoms with E-state index in [0.29, 0.717) is 29.9 Å². The molecule has 1 aliphatic heterocycles. The highest BCUT2D eigenvalue weighted by Gasteiger charge is 2.27. The van der Waals surface area contributed by atoms with E-state index in [1.54, 1.807) is 19.2 Å². The van der Waals surface area contributed by atoms with Gasteiger partial charge in [0.25, 0.3) is 0 Å². The van der Waals surface area contributed by atoms with Crippen LogP contribution in [0, 0.1) is 5.82 Å². The van der Waals surface area contributed by atoms with Crippen LogP contribution in [0.2, 0.25) is 0 Å². The summed E-state index contributed by atoms with van der Waals surface area (Å²) < 4.78 is 25.4. The van der Waals surface area contributed by atoms with Crippen molar-refractivity contribution in [2.24, 2.45) is 0 Å². The third-order valence-electron chi connectivity index (χ3n) is 2.84. The molecule has 1 saturated heterocycles. The predicted molar refractivity (Wildman–Crippen MR) is 66.5 cm³/mol. The Morgan fingerprint density at radius 3 is 2.94 bits per heavy atom. The maximum atomic E-state index is 14.0. The quantitative estimate of drug-likeness (QED) is 0.929. The molecular weight excluding hydrogens is 289 g/mol. The van der Waals surface area contributed by atoms with Crippen LogP contribution in [0.4, 0.5) is 4.39 Å². The normalized spacial score (nSPS) is 22.4. The average molecular weight is 304 g/mol. The van der Waals surface area contributed by atoms with Crippen molar-refractivity contribution in [2.45, 2.75) is 12.1 Å². The van der Waals surface area contributed by atoms with Crippen molar-refractivity contribution in [2.75, 3.05) is 26.9 Å². The SMILES string of the molecule is CNC(c1cccc(Br)c1F)C1COCCO1. The summed E-state index contributed by atoms with van der Waals surface area (Å²) in [6, 6.07) is 5.06. The van der Waals surface area contributed by atoms with Gasteiger partial charge < -0.3 is 14.8 Å². The van der Waals surface area contributed by atoms with Crippen molar-refractivity contribution in [3.8, 4) is 0 Å². The molecule has 1 aromatic rings. The molecule has 3 nitrogen and oxygen atoms in total. The summed E-state index contributed by atoms with van der Waals surface area (Å²) in [4.78, 5) is 0. The number of rotatable bonds is 3. The summed E-state index contributed by atoms with van der Waals surface area (Å²) in [5, 5.41) is 3.09. The molecule has 2 unspecified atom stereocenters. The van der Waals surface area contributed by atoms with Gasteiger partial charge in [0.2, 0.25) is 0 Å². The summed E-state index contributed by atoms with van der Waals surface area (Å²) in [5.41, 5.74) is 0.595. The molecule has 0 bridgehead atoms. The van der Waals surface area contributed by atoms with E-state index in [2.05, 4.69) is 21.2 Å². The second-order valence-corrected chi connectivity index (χ2v) is 4.75. The first kappa shape index (κ1) is 13.0. The van der Waals surface area contributed by atoms with Gasteiger partial charge in [-0.3, -0.25) is 0 Å². The van der Waals surface area contributed by atoms with E-state index in [4.69, 9.17) is 9.47 Å². The summed E-state index contributed by atoms with van der Waals surface area (Å²) in [7, 11) is 1.79. The minimum absolute atomic E-state index is 0.155. The van der Waals surface area contributed by atoms with Crippen molar-refractivity contribution in [1.82, 2.24) is 5.32 Å². The van der Waals surface area contributed by atoms with Crippen molar-refractivity contribution >= 4 is 15.9 Å². The van der Waals surface area contributed by atoms with E-state index < -0.39 is 0 Å². The van der Waals surface area contributed by atoms with Crippen LogP contribution in [0.1, 0.15) is 11.6 Å². The zero-order valence-electron chi connectivity index (χ0n) is 9.58. The topological polar surface area (TPSA) is 30.5 Å². The smallest absolute Gasteiger partial charge is 0.142 e. The Morgan fingerprint density at radius 1 is 1.47 bits per heavy atom. The Hall–Kier alpha value is -0.490. The van der Waals surface area contributed by atoms with E-state index in [1.165, 1.54) is 0 Å². The lowest BCUT2D eigenvalue weighted by Gasteiger charge is -2.30. The molecule has 2 rings (SSSR count). The molecule has 0 saturated carbocycles. The van der Waals surface area contributed by atoms with Crippen LogP contribution >= 0.6 is 15.9 Å². The molecule has 2 atom stereocenters. The number of halogens is 2. The van der Waals surface area contributed by atoms with Gasteiger partial charge >= 0.3 is 0 Å². The Labute approximate surface area is 108 Å². The van der Waals surface area contributed by atoms with Gasteiger partial charge in [0.1, 0.15) is 11.9 Å². The molecule has 1 heterocycles. The molecule has 94 valence electrons. The maximum absolute atomic E-state index is 14.0. The lowest BCUT2D eigenvalue weighted by molar-refractivity contribution is -0.102. The van der Waals surface area contributed by atoms with Gasteiger partial charge in [-0.2, -0.15) is 0 Å². The van der Waals surface area contributed by atoms with Gasteiger partial charge in [0.15, 0.2) is 0 Å². The van der Waals surface area contributed by atoms with Crippen LogP contribution in [0.3, 0.4) is 0 Å². The van der Waals surface area contributed by atoms with Crippen molar-refractivity contribution in [3.05, 3.63) is 34.1 Å². The number of hydrogen-bond acceptors (Lipinski definition) is 3. The standard InChI is InChI=1S/C12H15BrFNO2/c1-15-12(10-7-16-5-6-17-10)8-3-2-4-9(13)11(8)14/h2-4,10,12,15H,5-7H2,1H3. The molecule has 1 N–H and O–H groups in total. The zero-order chi connectivity index (χ0) is 12.3. The highest BCUT2D eigenvalue weighted by Crippen LogP contribution is 2.27. The first-order chi connectivity index (χ1) is 8.24. The van der Waals surface area contributed by atoms with Crippen molar-refractivity contribution < 1.29 is 13.9 Å². The minimum Gasteiger partial charge on any atom is -0.376 e. The van der Waals surface area contributed by atoms with Crippen LogP contribution in [-0.4, -0.2) is 33.0 Å². The maximum Gasteiger partial charge on any atom is 0.142 e. The molecule has 0 spiro atoms. The predicted octanol–water partition coefficient (Wildman–Crippen LogP) is 2.26. The van der Waals surface area contributed by atoms with Crippen LogP contribution in [0.15, 0.2) is 22.7 Å². The Balaban J connectivity index is 2.24. The molecular formula is C12H15BrFNO2. The molecule has 1 fully saturated rings. The average Bonchev–Trinajstić information content (AvgIpc) is 2.37. The van der Waals surface area contributed by atoms with Gasteiger partial charge in [-0.25, -0.2) is 4.39 Å². The number of benzene rings is 1. The van der Waals surface area contributed by atoms with Crippen LogP contribution in [0.25, 0.3) is 0 Å². The Morgan fingerprint density at radius 2 is 2.29 bits per heavy atom. The largest absolute Gasteiger partial charge is 0.376 e. The van der Waals surface area contributed by atoms with Crippen LogP contribution in [0.5, 0.6) is 0 Å². The third kappa shape index (κ3) is 2.85. The monoisotopic (exact) mass is 303 g/mol. The summed E-state index contributed by atoms with van der Waals surface area (Å²) in [6.45, 7) is 1.64. The van der Waals surface area contributed by atoms with Gasteiger partial charge in [-0.05, 0) is 29.0 Å². The molecule has 1 aliphatic rings. The van der Waals surface area contributed by atoms with Crippen molar-refractivity contribution in [1.29, 1.82) is 0 Å². The summed E-state index contributed by atoms with van der Waals surface area (Å²) in [5.74, 6) is -0.249. The Bertz CT molecular complexity index is 383. The lowest BCUT2D eigenvalue weighted by atomic mass is 10.0. The number of likely N-dealkylation sites (N-methyl/N-ethyl adjacent to an activating group) is 1. The molecule has 1 aromatic carbocycles. The molecule has 5 heteroatoms. The fourth-order valence-electron chi connectivity index (χ4n) is 2.00. The van der Waals surface area contributed by atoms with Gasteiger partial charge in [0.05, 0.1) is 30.3 Å². The lowest BCUT2D eigenvalue weighted by Crippen LogP contribution is -2.39. The molecule has 0 aliphatic carbocycles. The van der Waals surface area contributed by atoms with Gasteiger partial charge in [-0.1, -0.05) is 12.1 Å². The van der Waals surface area contributed by atoms with E-state index in [-0.39, 0.29) is 18.0 Å². The van der Waals surface area contributed by atoms with E-state index in [0.717, 1.165) is 0 Å². The number of hydrogen-bond donors (Lipinski definition) is 1. The van der Waals surface area contributed by atoms with Crippen LogP contribution in [-0.2, 0) is 9.47 Å². The first-order valence-electron chi connectivity index (χ1n) is 5.54. The van der Waals surface area contributed by atoms with E-state index in [9.17, 15) is 4.39 Å². The second kappa shape index (κ2) is 5.91. The zero-order valence-corrected chi connectivity index (χ0v) is 11.2. The number of ether oxygens (including phenoxy) is 2. The van der Waals surface area contributed by atoms with Gasteiger partial charge in [0, 0.05) is 5.56 Å². The Kier molecular flexibility index (Phi) is 4.50. The van der Waals surface area contributed by atoms with E-state index >= 15 is 0 Å². The minimum atomic E-state index is -0.249. The number of nitrogens with one attached hydrogen (secondary N) is 1. The molecule has 0 radical (unpaired) electrons. The third-order valence-corrected chi connectivity index (χ3v) is 3.45. The molecule has 0 aromatic heterocycles. The van der Waals surface area contributed by atoms with Gasteiger partial charge in [-0.15, -0.1) is 0 Å². The fourth-order valence-corrected chi connectivity index (χ4v) is 2.38. The highest BCUT2D eigenvalue weighted by atomic mass is 79.9. The summed E-state index contributed by atoms with van der Waals surface area (Å²) >= 11 is 3.19. The van der Waals surface area contributed by atoms with Crippen LogP contribution < -0.4 is 5.32 Å². The van der Waals surface area contributed by atoms with Crippen molar-refractivity contribution in [3.63, 3.8) is 0 Å². The highest BCUT2D eigenvalue weighted by molar-refractivity contribution is 9.10. The second-order valence-electron chi connectivity index (χ2n) is 3.89. The fraction of sp³-hybridized carbons (Fsp3) is 0.500. The summed E-state index contributed by atoms with van der Waals surface area (Å²) in [6.07, 6.45) is -0.155. The molecule has 17 heavy (non-hydrogen) atoms. The first-order valence-corrected chi connectivity index (χ1v) is 6.34. The molecule has 0 amide bonds.